The molecule has 0 N–H and O–H groups in total. The topological polar surface area (TPSA) is 32.8 Å². The van der Waals surface area contributed by atoms with E-state index in [1.165, 1.54) is 11.1 Å². The first-order valence-corrected chi connectivity index (χ1v) is 10.8. The van der Waals surface area contributed by atoms with Gasteiger partial charge >= 0.3 is 0 Å². The van der Waals surface area contributed by atoms with E-state index in [-0.39, 0.29) is 12.0 Å². The molecule has 0 radical (unpaired) electrons. The van der Waals surface area contributed by atoms with Crippen molar-refractivity contribution < 1.29 is 9.53 Å². The lowest BCUT2D eigenvalue weighted by atomic mass is 10.0. The number of carbonyl (C=O) groups excluding carboxylic acids is 1. The SMILES string of the molecule is CCCC(C)Oc1ccc2c(c1)CN(c1ccc(N3CCCCC3=O)cc1)C=C2. The molecular weight excluding hydrogens is 360 g/mol. The van der Waals surface area contributed by atoms with Crippen molar-refractivity contribution in [3.63, 3.8) is 0 Å². The summed E-state index contributed by atoms with van der Waals surface area (Å²) in [4.78, 5) is 16.3. The highest BCUT2D eigenvalue weighted by atomic mass is 16.5. The second kappa shape index (κ2) is 8.73. The number of hydrogen-bond acceptors (Lipinski definition) is 3. The van der Waals surface area contributed by atoms with Crippen LogP contribution in [0.4, 0.5) is 11.4 Å². The van der Waals surface area contributed by atoms with E-state index < -0.39 is 0 Å². The third-order valence-electron chi connectivity index (χ3n) is 5.74. The Labute approximate surface area is 173 Å². The molecular formula is C25H30N2O2. The van der Waals surface area contributed by atoms with Crippen LogP contribution in [0.1, 0.15) is 57.1 Å². The predicted octanol–water partition coefficient (Wildman–Crippen LogP) is 5.76. The van der Waals surface area contributed by atoms with E-state index in [2.05, 4.69) is 73.5 Å². The van der Waals surface area contributed by atoms with Gasteiger partial charge in [-0.05, 0) is 79.8 Å². The number of hydrogen-bond donors (Lipinski definition) is 0. The van der Waals surface area contributed by atoms with Crippen LogP contribution in [0.5, 0.6) is 5.75 Å². The van der Waals surface area contributed by atoms with Gasteiger partial charge in [0.05, 0.1) is 6.10 Å². The second-order valence-electron chi connectivity index (χ2n) is 8.04. The van der Waals surface area contributed by atoms with Crippen LogP contribution >= 0.6 is 0 Å². The maximum absolute atomic E-state index is 12.2. The van der Waals surface area contributed by atoms with E-state index in [0.29, 0.717) is 6.42 Å². The summed E-state index contributed by atoms with van der Waals surface area (Å²) in [6.45, 7) is 5.95. The van der Waals surface area contributed by atoms with Crippen molar-refractivity contribution >= 4 is 23.4 Å². The monoisotopic (exact) mass is 390 g/mol. The Balaban J connectivity index is 1.47. The average molecular weight is 391 g/mol. The summed E-state index contributed by atoms with van der Waals surface area (Å²) >= 11 is 0. The molecule has 0 saturated carbocycles. The summed E-state index contributed by atoms with van der Waals surface area (Å²) in [5.41, 5.74) is 4.64. The largest absolute Gasteiger partial charge is 0.491 e. The van der Waals surface area contributed by atoms with E-state index in [1.807, 2.05) is 4.90 Å². The Morgan fingerprint density at radius 3 is 2.62 bits per heavy atom. The molecule has 4 heteroatoms. The van der Waals surface area contributed by atoms with Crippen molar-refractivity contribution in [1.82, 2.24) is 0 Å². The van der Waals surface area contributed by atoms with Crippen LogP contribution in [-0.2, 0) is 11.3 Å². The summed E-state index contributed by atoms with van der Waals surface area (Å²) < 4.78 is 6.07. The van der Waals surface area contributed by atoms with Gasteiger partial charge in [-0.3, -0.25) is 4.79 Å². The smallest absolute Gasteiger partial charge is 0.226 e. The number of benzene rings is 2. The molecule has 2 aromatic rings. The van der Waals surface area contributed by atoms with Gasteiger partial charge < -0.3 is 14.5 Å². The lowest BCUT2D eigenvalue weighted by molar-refractivity contribution is -0.119. The fourth-order valence-electron chi connectivity index (χ4n) is 4.14. The van der Waals surface area contributed by atoms with Crippen LogP contribution in [0.25, 0.3) is 6.08 Å². The van der Waals surface area contributed by atoms with Crippen molar-refractivity contribution in [2.75, 3.05) is 16.3 Å². The first-order valence-electron chi connectivity index (χ1n) is 10.8. The zero-order chi connectivity index (χ0) is 20.2. The molecule has 2 aliphatic heterocycles. The van der Waals surface area contributed by atoms with Gasteiger partial charge in [0.25, 0.3) is 0 Å². The van der Waals surface area contributed by atoms with Gasteiger partial charge in [0.2, 0.25) is 5.91 Å². The zero-order valence-corrected chi connectivity index (χ0v) is 17.4. The fraction of sp³-hybridized carbons (Fsp3) is 0.400. The van der Waals surface area contributed by atoms with Gasteiger partial charge in [0.15, 0.2) is 0 Å². The van der Waals surface area contributed by atoms with Gasteiger partial charge in [0.1, 0.15) is 5.75 Å². The maximum atomic E-state index is 12.2. The number of ether oxygens (including phenoxy) is 1. The van der Waals surface area contributed by atoms with E-state index in [0.717, 1.165) is 55.9 Å². The van der Waals surface area contributed by atoms with Crippen molar-refractivity contribution in [1.29, 1.82) is 0 Å². The van der Waals surface area contributed by atoms with Crippen molar-refractivity contribution in [3.8, 4) is 5.75 Å². The number of carbonyl (C=O) groups is 1. The standard InChI is InChI=1S/C25H30N2O2/c1-3-6-19(2)29-24-13-8-20-14-16-26(18-21(20)17-24)22-9-11-23(12-10-22)27-15-5-4-7-25(27)28/h8-14,16-17,19H,3-7,15,18H2,1-2H3. The predicted molar refractivity (Wildman–Crippen MR) is 119 cm³/mol. The number of fused-ring (bicyclic) bond motifs is 1. The van der Waals surface area contributed by atoms with E-state index in [9.17, 15) is 4.79 Å². The van der Waals surface area contributed by atoms with Gasteiger partial charge in [-0.15, -0.1) is 0 Å². The van der Waals surface area contributed by atoms with Crippen LogP contribution in [-0.4, -0.2) is 18.6 Å². The van der Waals surface area contributed by atoms with Gasteiger partial charge in [-0.2, -0.15) is 0 Å². The van der Waals surface area contributed by atoms with Crippen LogP contribution in [0.3, 0.4) is 0 Å². The molecule has 1 unspecified atom stereocenters. The lowest BCUT2D eigenvalue weighted by Crippen LogP contribution is -2.35. The highest BCUT2D eigenvalue weighted by molar-refractivity contribution is 5.94. The molecule has 1 fully saturated rings. The Hall–Kier alpha value is -2.75. The lowest BCUT2D eigenvalue weighted by Gasteiger charge is -2.29. The molecule has 2 aliphatic rings. The molecule has 0 aromatic heterocycles. The molecule has 4 rings (SSSR count). The molecule has 2 aromatic carbocycles. The highest BCUT2D eigenvalue weighted by Crippen LogP contribution is 2.30. The first-order chi connectivity index (χ1) is 14.1. The minimum Gasteiger partial charge on any atom is -0.491 e. The summed E-state index contributed by atoms with van der Waals surface area (Å²) in [6.07, 6.45) is 9.46. The quantitative estimate of drug-likeness (QED) is 0.628. The van der Waals surface area contributed by atoms with E-state index in [4.69, 9.17) is 4.74 Å². The van der Waals surface area contributed by atoms with Gasteiger partial charge in [-0.25, -0.2) is 0 Å². The summed E-state index contributed by atoms with van der Waals surface area (Å²) in [5.74, 6) is 1.18. The molecule has 0 bridgehead atoms. The number of rotatable bonds is 6. The molecule has 0 aliphatic carbocycles. The molecule has 152 valence electrons. The number of piperidine rings is 1. The van der Waals surface area contributed by atoms with E-state index >= 15 is 0 Å². The molecule has 4 nitrogen and oxygen atoms in total. The molecule has 2 heterocycles. The number of amides is 1. The van der Waals surface area contributed by atoms with Crippen molar-refractivity contribution in [2.45, 2.75) is 58.6 Å². The molecule has 1 amide bonds. The molecule has 1 saturated heterocycles. The number of anilines is 2. The minimum atomic E-state index is 0.235. The highest BCUT2D eigenvalue weighted by Gasteiger charge is 2.20. The van der Waals surface area contributed by atoms with Crippen molar-refractivity contribution in [2.24, 2.45) is 0 Å². The second-order valence-corrected chi connectivity index (χ2v) is 8.04. The third kappa shape index (κ3) is 4.47. The minimum absolute atomic E-state index is 0.235. The number of nitrogens with zero attached hydrogens (tertiary/aromatic N) is 2. The third-order valence-corrected chi connectivity index (χ3v) is 5.74. The molecule has 29 heavy (non-hydrogen) atoms. The van der Waals surface area contributed by atoms with Crippen molar-refractivity contribution in [3.05, 3.63) is 59.8 Å². The Morgan fingerprint density at radius 1 is 1.07 bits per heavy atom. The van der Waals surface area contributed by atoms with Crippen LogP contribution in [0.2, 0.25) is 0 Å². The zero-order valence-electron chi connectivity index (χ0n) is 17.4. The van der Waals surface area contributed by atoms with Crippen LogP contribution in [0.15, 0.2) is 48.7 Å². The normalized spacial score (nSPS) is 17.2. The van der Waals surface area contributed by atoms with Gasteiger partial charge in [0, 0.05) is 37.1 Å². The Bertz CT molecular complexity index is 888. The average Bonchev–Trinajstić information content (AvgIpc) is 2.74. The summed E-state index contributed by atoms with van der Waals surface area (Å²) in [7, 11) is 0. The van der Waals surface area contributed by atoms with E-state index in [1.54, 1.807) is 0 Å². The summed E-state index contributed by atoms with van der Waals surface area (Å²) in [6, 6.07) is 14.7. The maximum Gasteiger partial charge on any atom is 0.226 e. The first kappa shape index (κ1) is 19.6. The van der Waals surface area contributed by atoms with Crippen LogP contribution in [0, 0.1) is 0 Å². The van der Waals surface area contributed by atoms with Crippen LogP contribution < -0.4 is 14.5 Å². The molecule has 0 spiro atoms. The fourth-order valence-corrected chi connectivity index (χ4v) is 4.14. The Morgan fingerprint density at radius 2 is 1.86 bits per heavy atom. The summed E-state index contributed by atoms with van der Waals surface area (Å²) in [5, 5.41) is 0. The van der Waals surface area contributed by atoms with Gasteiger partial charge in [-0.1, -0.05) is 19.4 Å². The molecule has 1 atom stereocenters. The Kier molecular flexibility index (Phi) is 5.89.